The Kier molecular flexibility index (Phi) is 7.94. The maximum atomic E-state index is 2.46. The minimum atomic E-state index is 1.14. The van der Waals surface area contributed by atoms with E-state index in [4.69, 9.17) is 0 Å². The van der Waals surface area contributed by atoms with Crippen LogP contribution in [0.25, 0.3) is 102 Å². The SMILES string of the molecule is C/C(=C(/C)c1cc2ccc3cccc4c3c2c(c1)n4-c1ccccc1)c1ccc2c(c1)sc1cc(N(c3ccc4ccccc4c3)c3cc4ccccc4c4ccccc34)ccc12. The number of hydrogen-bond donors (Lipinski definition) is 0. The molecule has 0 N–H and O–H groups in total. The van der Waals surface area contributed by atoms with E-state index in [0.29, 0.717) is 0 Å². The summed E-state index contributed by atoms with van der Waals surface area (Å²) in [6.45, 7) is 4.57. The molecule has 0 aliphatic heterocycles. The molecule has 0 aliphatic rings. The standard InChI is InChI=1S/C60H40N2S/c1-37(38(2)45-31-44-24-23-40-16-12-22-54-59(40)60(44)56(34-45)62(54)46-17-4-3-5-18-46)41-26-29-52-53-30-28-48(36-58(53)63-57(52)35-41)61(47-27-25-39-13-6-7-14-42(39)32-47)55-33-43-15-8-9-19-49(43)50-20-10-11-21-51(50)55/h3-36H,1-2H3/b38-37+. The van der Waals surface area contributed by atoms with Gasteiger partial charge in [0.25, 0.3) is 0 Å². The third kappa shape index (κ3) is 5.56. The molecule has 0 saturated carbocycles. The highest BCUT2D eigenvalue weighted by Gasteiger charge is 2.21. The van der Waals surface area contributed by atoms with Gasteiger partial charge in [0.05, 0.1) is 16.7 Å². The zero-order valence-electron chi connectivity index (χ0n) is 34.9. The molecule has 63 heavy (non-hydrogen) atoms. The largest absolute Gasteiger partial charge is 0.310 e. The van der Waals surface area contributed by atoms with Gasteiger partial charge in [-0.25, -0.2) is 0 Å². The summed E-state index contributed by atoms with van der Waals surface area (Å²) in [7, 11) is 0. The van der Waals surface area contributed by atoms with Crippen LogP contribution in [-0.4, -0.2) is 4.57 Å². The summed E-state index contributed by atoms with van der Waals surface area (Å²) in [5.74, 6) is 0. The second-order valence-electron chi connectivity index (χ2n) is 17.0. The van der Waals surface area contributed by atoms with Crippen molar-refractivity contribution in [3.8, 4) is 5.69 Å². The molecule has 0 fully saturated rings. The average Bonchev–Trinajstić information content (AvgIpc) is 3.88. The lowest BCUT2D eigenvalue weighted by atomic mass is 9.93. The van der Waals surface area contributed by atoms with Crippen molar-refractivity contribution >= 4 is 125 Å². The van der Waals surface area contributed by atoms with Gasteiger partial charge in [-0.15, -0.1) is 11.3 Å². The van der Waals surface area contributed by atoms with Crippen molar-refractivity contribution in [2.24, 2.45) is 0 Å². The number of rotatable bonds is 6. The Hall–Kier alpha value is -7.72. The lowest BCUT2D eigenvalue weighted by molar-refractivity contribution is 1.18. The van der Waals surface area contributed by atoms with Crippen molar-refractivity contribution in [2.75, 3.05) is 4.90 Å². The van der Waals surface area contributed by atoms with Gasteiger partial charge >= 0.3 is 0 Å². The third-order valence-electron chi connectivity index (χ3n) is 13.5. The van der Waals surface area contributed by atoms with Crippen molar-refractivity contribution < 1.29 is 0 Å². The van der Waals surface area contributed by atoms with E-state index in [1.54, 1.807) is 0 Å². The van der Waals surface area contributed by atoms with Crippen molar-refractivity contribution in [1.29, 1.82) is 0 Å². The molecule has 0 atom stereocenters. The first-order chi connectivity index (χ1) is 31.1. The molecule has 0 bridgehead atoms. The van der Waals surface area contributed by atoms with E-state index in [9.17, 15) is 0 Å². The van der Waals surface area contributed by atoms with E-state index in [2.05, 4.69) is 230 Å². The first-order valence-electron chi connectivity index (χ1n) is 21.7. The fourth-order valence-electron chi connectivity index (χ4n) is 10.3. The highest BCUT2D eigenvalue weighted by molar-refractivity contribution is 7.25. The molecular formula is C60H40N2S. The van der Waals surface area contributed by atoms with Gasteiger partial charge in [-0.05, 0) is 141 Å². The molecular weight excluding hydrogens is 781 g/mol. The molecule has 13 aromatic rings. The summed E-state index contributed by atoms with van der Waals surface area (Å²) in [6, 6.07) is 76.4. The number of aromatic nitrogens is 1. The summed E-state index contributed by atoms with van der Waals surface area (Å²) >= 11 is 1.89. The maximum absolute atomic E-state index is 2.46. The number of hydrogen-bond acceptors (Lipinski definition) is 2. The quantitative estimate of drug-likeness (QED) is 0.120. The first kappa shape index (κ1) is 36.0. The van der Waals surface area contributed by atoms with Crippen molar-refractivity contribution in [3.05, 3.63) is 217 Å². The van der Waals surface area contributed by atoms with Gasteiger partial charge in [0.2, 0.25) is 0 Å². The van der Waals surface area contributed by atoms with Gasteiger partial charge < -0.3 is 9.47 Å². The van der Waals surface area contributed by atoms with Crippen LogP contribution in [0.3, 0.4) is 0 Å². The number of para-hydroxylation sites is 1. The van der Waals surface area contributed by atoms with Crippen LogP contribution < -0.4 is 4.90 Å². The molecule has 0 saturated heterocycles. The molecule has 3 heteroatoms. The molecule has 0 aliphatic carbocycles. The molecule has 11 aromatic carbocycles. The van der Waals surface area contributed by atoms with Crippen molar-refractivity contribution in [3.63, 3.8) is 0 Å². The first-order valence-corrected chi connectivity index (χ1v) is 22.6. The van der Waals surface area contributed by atoms with Crippen LogP contribution >= 0.6 is 11.3 Å². The fourth-order valence-corrected chi connectivity index (χ4v) is 11.5. The summed E-state index contributed by atoms with van der Waals surface area (Å²) in [5, 5.41) is 15.3. The highest BCUT2D eigenvalue weighted by Crippen LogP contribution is 2.46. The maximum Gasteiger partial charge on any atom is 0.0553 e. The van der Waals surface area contributed by atoms with Gasteiger partial charge in [-0.1, -0.05) is 140 Å². The molecule has 0 radical (unpaired) electrons. The Bertz CT molecular complexity index is 4000. The van der Waals surface area contributed by atoms with Crippen LogP contribution in [-0.2, 0) is 0 Å². The Balaban J connectivity index is 0.950. The number of benzene rings is 11. The van der Waals surface area contributed by atoms with Crippen LogP contribution in [0.15, 0.2) is 206 Å². The van der Waals surface area contributed by atoms with Crippen molar-refractivity contribution in [2.45, 2.75) is 13.8 Å². The number of allylic oxidation sites excluding steroid dienone is 2. The van der Waals surface area contributed by atoms with Gasteiger partial charge in [-0.2, -0.15) is 0 Å². The monoisotopic (exact) mass is 820 g/mol. The smallest absolute Gasteiger partial charge is 0.0553 e. The highest BCUT2D eigenvalue weighted by atomic mass is 32.1. The summed E-state index contributed by atoms with van der Waals surface area (Å²) in [4.78, 5) is 2.46. The average molecular weight is 821 g/mol. The molecule has 0 unspecified atom stereocenters. The van der Waals surface area contributed by atoms with Crippen molar-refractivity contribution in [1.82, 2.24) is 4.57 Å². The van der Waals surface area contributed by atoms with E-state index in [1.165, 1.54) is 119 Å². The Morgan fingerprint density at radius 3 is 1.86 bits per heavy atom. The second-order valence-corrected chi connectivity index (χ2v) is 18.1. The molecule has 296 valence electrons. The predicted octanol–water partition coefficient (Wildman–Crippen LogP) is 17.6. The summed E-state index contributed by atoms with van der Waals surface area (Å²) in [6.07, 6.45) is 0. The third-order valence-corrected chi connectivity index (χ3v) is 14.6. The Morgan fingerprint density at radius 2 is 1.00 bits per heavy atom. The van der Waals surface area contributed by atoms with Gasteiger partial charge in [0.1, 0.15) is 0 Å². The summed E-state index contributed by atoms with van der Waals surface area (Å²) in [5.41, 5.74) is 12.2. The minimum Gasteiger partial charge on any atom is -0.310 e. The van der Waals surface area contributed by atoms with Crippen LogP contribution in [0.1, 0.15) is 25.0 Å². The van der Waals surface area contributed by atoms with Crippen LogP contribution in [0.5, 0.6) is 0 Å². The number of nitrogens with zero attached hydrogens (tertiary/aromatic N) is 2. The molecule has 2 heterocycles. The van der Waals surface area contributed by atoms with E-state index >= 15 is 0 Å². The van der Waals surface area contributed by atoms with E-state index < -0.39 is 0 Å². The molecule has 13 rings (SSSR count). The second kappa shape index (κ2) is 13.9. The fraction of sp³-hybridized carbons (Fsp3) is 0.0333. The molecule has 2 nitrogen and oxygen atoms in total. The topological polar surface area (TPSA) is 8.17 Å². The normalized spacial score (nSPS) is 12.5. The van der Waals surface area contributed by atoms with Crippen LogP contribution in [0, 0.1) is 0 Å². The van der Waals surface area contributed by atoms with Gasteiger partial charge in [-0.3, -0.25) is 0 Å². The lowest BCUT2D eigenvalue weighted by Gasteiger charge is -2.28. The zero-order chi connectivity index (χ0) is 41.8. The zero-order valence-corrected chi connectivity index (χ0v) is 35.7. The van der Waals surface area contributed by atoms with E-state index in [0.717, 1.165) is 11.4 Å². The number of thiophene rings is 1. The summed E-state index contributed by atoms with van der Waals surface area (Å²) < 4.78 is 5.02. The van der Waals surface area contributed by atoms with E-state index in [1.807, 2.05) is 11.3 Å². The molecule has 2 aromatic heterocycles. The Labute approximate surface area is 369 Å². The Morgan fingerprint density at radius 1 is 0.381 bits per heavy atom. The lowest BCUT2D eigenvalue weighted by Crippen LogP contribution is -2.10. The minimum absolute atomic E-state index is 1.14. The van der Waals surface area contributed by atoms with Crippen LogP contribution in [0.4, 0.5) is 17.1 Å². The van der Waals surface area contributed by atoms with Gasteiger partial charge in [0, 0.05) is 53.4 Å². The van der Waals surface area contributed by atoms with Crippen LogP contribution in [0.2, 0.25) is 0 Å². The molecule has 0 spiro atoms. The predicted molar refractivity (Wildman–Crippen MR) is 274 cm³/mol. The number of fused-ring (bicyclic) bond motifs is 7. The molecule has 0 amide bonds. The van der Waals surface area contributed by atoms with Gasteiger partial charge in [0.15, 0.2) is 0 Å². The number of anilines is 3. The van der Waals surface area contributed by atoms with E-state index in [-0.39, 0.29) is 0 Å².